The second-order valence-corrected chi connectivity index (χ2v) is 8.29. The number of alkyl carbamates (subject to hydrolysis) is 1. The molecule has 0 unspecified atom stereocenters. The van der Waals surface area contributed by atoms with Crippen molar-refractivity contribution in [1.29, 1.82) is 0 Å². The minimum absolute atomic E-state index is 0.234. The number of carbonyl (C=O) groups excluding carboxylic acids is 1. The molecule has 0 aliphatic heterocycles. The van der Waals surface area contributed by atoms with Crippen LogP contribution < -0.4 is 15.4 Å². The first-order valence-electron chi connectivity index (χ1n) is 9.22. The van der Waals surface area contributed by atoms with Gasteiger partial charge in [0.05, 0.1) is 7.11 Å². The van der Waals surface area contributed by atoms with E-state index >= 15 is 0 Å². The predicted molar refractivity (Wildman–Crippen MR) is 98.1 cm³/mol. The number of amides is 1. The second kappa shape index (κ2) is 7.24. The van der Waals surface area contributed by atoms with Crippen LogP contribution in [0.1, 0.15) is 57.9 Å². The van der Waals surface area contributed by atoms with Crippen LogP contribution in [0.2, 0.25) is 0 Å². The maximum atomic E-state index is 11.8. The van der Waals surface area contributed by atoms with E-state index in [1.165, 1.54) is 5.56 Å². The van der Waals surface area contributed by atoms with E-state index in [9.17, 15) is 4.79 Å². The highest BCUT2D eigenvalue weighted by molar-refractivity contribution is 5.68. The van der Waals surface area contributed by atoms with Crippen molar-refractivity contribution in [2.45, 2.75) is 76.1 Å². The fraction of sp³-hybridized carbons (Fsp3) is 0.650. The number of rotatable bonds is 5. The largest absolute Gasteiger partial charge is 0.496 e. The Morgan fingerprint density at radius 1 is 1.04 bits per heavy atom. The maximum Gasteiger partial charge on any atom is 0.407 e. The molecule has 1 aromatic rings. The van der Waals surface area contributed by atoms with Crippen molar-refractivity contribution in [3.05, 3.63) is 29.8 Å². The molecule has 0 bridgehead atoms. The van der Waals surface area contributed by atoms with Crippen LogP contribution in [0.25, 0.3) is 0 Å². The molecular weight excluding hydrogens is 316 g/mol. The lowest BCUT2D eigenvalue weighted by Gasteiger charge is -2.44. The molecule has 0 aromatic heterocycles. The van der Waals surface area contributed by atoms with Crippen LogP contribution in [0, 0.1) is 0 Å². The smallest absolute Gasteiger partial charge is 0.407 e. The van der Waals surface area contributed by atoms with E-state index in [1.807, 2.05) is 32.9 Å². The van der Waals surface area contributed by atoms with Gasteiger partial charge >= 0.3 is 6.09 Å². The Morgan fingerprint density at radius 3 is 2.32 bits per heavy atom. The summed E-state index contributed by atoms with van der Waals surface area (Å²) in [4.78, 5) is 11.8. The lowest BCUT2D eigenvalue weighted by atomic mass is 9.74. The lowest BCUT2D eigenvalue weighted by Crippen LogP contribution is -2.57. The van der Waals surface area contributed by atoms with E-state index < -0.39 is 5.60 Å². The molecule has 3 rings (SSSR count). The molecule has 0 heterocycles. The first kappa shape index (κ1) is 18.1. The third-order valence-corrected chi connectivity index (χ3v) is 5.05. The van der Waals surface area contributed by atoms with Gasteiger partial charge in [-0.05, 0) is 64.0 Å². The number of para-hydroxylation sites is 1. The van der Waals surface area contributed by atoms with E-state index in [0.29, 0.717) is 18.0 Å². The summed E-state index contributed by atoms with van der Waals surface area (Å²) in [5.74, 6) is 1.58. The van der Waals surface area contributed by atoms with Gasteiger partial charge in [-0.25, -0.2) is 4.79 Å². The zero-order valence-electron chi connectivity index (χ0n) is 15.7. The first-order valence-corrected chi connectivity index (χ1v) is 9.22. The standard InChI is InChI=1S/C20H30N2O3/c1-20(2,3)25-19(23)22-16-11-15(12-16)21-14-9-13(10-14)17-7-5-6-8-18(17)24-4/h5-8,13-16,21H,9-12H2,1-4H3,(H,22,23). The van der Waals surface area contributed by atoms with Crippen LogP contribution in [0.3, 0.4) is 0 Å². The highest BCUT2D eigenvalue weighted by atomic mass is 16.6. The molecule has 25 heavy (non-hydrogen) atoms. The summed E-state index contributed by atoms with van der Waals surface area (Å²) < 4.78 is 10.8. The zero-order valence-corrected chi connectivity index (χ0v) is 15.7. The Labute approximate surface area is 150 Å². The second-order valence-electron chi connectivity index (χ2n) is 8.29. The Kier molecular flexibility index (Phi) is 5.23. The molecule has 0 spiro atoms. The van der Waals surface area contributed by atoms with Crippen molar-refractivity contribution in [3.63, 3.8) is 0 Å². The predicted octanol–water partition coefficient (Wildman–Crippen LogP) is 3.59. The monoisotopic (exact) mass is 346 g/mol. The van der Waals surface area contributed by atoms with Crippen LogP contribution in [0.4, 0.5) is 4.79 Å². The molecule has 2 N–H and O–H groups in total. The third kappa shape index (κ3) is 4.66. The molecular formula is C20H30N2O3. The fourth-order valence-electron chi connectivity index (χ4n) is 3.69. The fourth-order valence-corrected chi connectivity index (χ4v) is 3.69. The molecule has 0 atom stereocenters. The normalized spacial score (nSPS) is 28.5. The zero-order chi connectivity index (χ0) is 18.0. The number of methoxy groups -OCH3 is 1. The molecule has 2 fully saturated rings. The minimum Gasteiger partial charge on any atom is -0.496 e. The van der Waals surface area contributed by atoms with Gasteiger partial charge in [0.1, 0.15) is 11.4 Å². The van der Waals surface area contributed by atoms with Crippen molar-refractivity contribution < 1.29 is 14.3 Å². The summed E-state index contributed by atoms with van der Waals surface area (Å²) in [5, 5.41) is 6.65. The minimum atomic E-state index is -0.440. The SMILES string of the molecule is COc1ccccc1C1CC(NC2CC(NC(=O)OC(C)(C)C)C2)C1. The molecule has 1 aromatic carbocycles. The average Bonchev–Trinajstić information content (AvgIpc) is 2.45. The van der Waals surface area contributed by atoms with Gasteiger partial charge in [-0.1, -0.05) is 18.2 Å². The topological polar surface area (TPSA) is 59.6 Å². The Bertz CT molecular complexity index is 599. The molecule has 0 radical (unpaired) electrons. The third-order valence-electron chi connectivity index (χ3n) is 5.05. The molecule has 0 saturated heterocycles. The van der Waals surface area contributed by atoms with Gasteiger partial charge < -0.3 is 20.1 Å². The van der Waals surface area contributed by atoms with E-state index in [-0.39, 0.29) is 12.1 Å². The van der Waals surface area contributed by atoms with Crippen LogP contribution >= 0.6 is 0 Å². The quantitative estimate of drug-likeness (QED) is 0.855. The summed E-state index contributed by atoms with van der Waals surface area (Å²) >= 11 is 0. The van der Waals surface area contributed by atoms with Crippen LogP contribution in [0.15, 0.2) is 24.3 Å². The van der Waals surface area contributed by atoms with Crippen molar-refractivity contribution in [2.75, 3.05) is 7.11 Å². The maximum absolute atomic E-state index is 11.8. The lowest BCUT2D eigenvalue weighted by molar-refractivity contribution is 0.0458. The summed E-state index contributed by atoms with van der Waals surface area (Å²) in [5.41, 5.74) is 0.881. The number of nitrogens with one attached hydrogen (secondary N) is 2. The molecule has 2 aliphatic rings. The number of carbonyl (C=O) groups is 1. The van der Waals surface area contributed by atoms with Crippen molar-refractivity contribution in [3.8, 4) is 5.75 Å². The molecule has 2 aliphatic carbocycles. The molecule has 138 valence electrons. The number of hydrogen-bond donors (Lipinski definition) is 2. The summed E-state index contributed by atoms with van der Waals surface area (Å²) in [6.07, 6.45) is 3.96. The number of benzene rings is 1. The van der Waals surface area contributed by atoms with Gasteiger partial charge in [0, 0.05) is 18.1 Å². The Balaban J connectivity index is 1.35. The average molecular weight is 346 g/mol. The molecule has 5 heteroatoms. The Hall–Kier alpha value is -1.75. The van der Waals surface area contributed by atoms with Crippen molar-refractivity contribution >= 4 is 6.09 Å². The van der Waals surface area contributed by atoms with Gasteiger partial charge in [0.15, 0.2) is 0 Å². The van der Waals surface area contributed by atoms with Crippen LogP contribution in [-0.4, -0.2) is 36.9 Å². The summed E-state index contributed by atoms with van der Waals surface area (Å²) in [7, 11) is 1.74. The van der Waals surface area contributed by atoms with E-state index in [2.05, 4.69) is 22.8 Å². The molecule has 2 saturated carbocycles. The van der Waals surface area contributed by atoms with E-state index in [4.69, 9.17) is 9.47 Å². The summed E-state index contributed by atoms with van der Waals surface area (Å²) in [6.45, 7) is 5.64. The Morgan fingerprint density at radius 2 is 1.68 bits per heavy atom. The van der Waals surface area contributed by atoms with Gasteiger partial charge in [-0.2, -0.15) is 0 Å². The van der Waals surface area contributed by atoms with Crippen molar-refractivity contribution in [2.24, 2.45) is 0 Å². The van der Waals surface area contributed by atoms with Gasteiger partial charge in [0.2, 0.25) is 0 Å². The number of ether oxygens (including phenoxy) is 2. The highest BCUT2D eigenvalue weighted by Crippen LogP contribution is 2.41. The van der Waals surface area contributed by atoms with Gasteiger partial charge in [-0.15, -0.1) is 0 Å². The van der Waals surface area contributed by atoms with Crippen molar-refractivity contribution in [1.82, 2.24) is 10.6 Å². The molecule has 5 nitrogen and oxygen atoms in total. The van der Waals surface area contributed by atoms with Gasteiger partial charge in [0.25, 0.3) is 0 Å². The first-order chi connectivity index (χ1) is 11.8. The van der Waals surface area contributed by atoms with E-state index in [0.717, 1.165) is 31.4 Å². The van der Waals surface area contributed by atoms with Crippen LogP contribution in [-0.2, 0) is 4.74 Å². The van der Waals surface area contributed by atoms with Crippen LogP contribution in [0.5, 0.6) is 5.75 Å². The van der Waals surface area contributed by atoms with E-state index in [1.54, 1.807) is 7.11 Å². The van der Waals surface area contributed by atoms with Gasteiger partial charge in [-0.3, -0.25) is 0 Å². The molecule has 1 amide bonds. The number of hydrogen-bond acceptors (Lipinski definition) is 4. The highest BCUT2D eigenvalue weighted by Gasteiger charge is 2.37. The summed E-state index contributed by atoms with van der Waals surface area (Å²) in [6, 6.07) is 9.61.